The first kappa shape index (κ1) is 14.8. The lowest BCUT2D eigenvalue weighted by Gasteiger charge is -2.35. The van der Waals surface area contributed by atoms with E-state index in [0.717, 1.165) is 10.0 Å². The van der Waals surface area contributed by atoms with Crippen LogP contribution in [-0.2, 0) is 9.53 Å². The molecule has 0 bridgehead atoms. The number of carbonyl (C=O) groups is 2. The summed E-state index contributed by atoms with van der Waals surface area (Å²) in [5, 5.41) is 0. The second-order valence-corrected chi connectivity index (χ2v) is 5.80. The fraction of sp³-hybridized carbons (Fsp3) is 0.429. The van der Waals surface area contributed by atoms with E-state index in [0.29, 0.717) is 13.0 Å². The molecule has 1 fully saturated rings. The predicted octanol–water partition coefficient (Wildman–Crippen LogP) is 2.60. The molecule has 5 nitrogen and oxygen atoms in total. The summed E-state index contributed by atoms with van der Waals surface area (Å²) in [5.74, 6) is -0.447. The molecule has 0 radical (unpaired) electrons. The minimum Gasteiger partial charge on any atom is -0.445 e. The quantitative estimate of drug-likeness (QED) is 0.915. The zero-order valence-corrected chi connectivity index (χ0v) is 12.8. The Morgan fingerprint density at radius 2 is 2.15 bits per heavy atom. The Kier molecular flexibility index (Phi) is 4.65. The summed E-state index contributed by atoms with van der Waals surface area (Å²) in [5.41, 5.74) is 6.16. The van der Waals surface area contributed by atoms with Crippen molar-refractivity contribution >= 4 is 27.9 Å². The molecule has 2 atom stereocenters. The van der Waals surface area contributed by atoms with Gasteiger partial charge in [0.05, 0.1) is 12.5 Å². The first-order chi connectivity index (χ1) is 9.47. The van der Waals surface area contributed by atoms with Gasteiger partial charge in [-0.25, -0.2) is 4.79 Å². The van der Waals surface area contributed by atoms with Crippen molar-refractivity contribution in [2.24, 2.45) is 5.73 Å². The fourth-order valence-electron chi connectivity index (χ4n) is 2.28. The van der Waals surface area contributed by atoms with Gasteiger partial charge in [0, 0.05) is 17.4 Å². The number of primary amides is 1. The molecule has 1 heterocycles. The Morgan fingerprint density at radius 1 is 1.50 bits per heavy atom. The van der Waals surface area contributed by atoms with Crippen molar-refractivity contribution in [1.82, 2.24) is 4.90 Å². The van der Waals surface area contributed by atoms with E-state index in [9.17, 15) is 9.59 Å². The zero-order valence-electron chi connectivity index (χ0n) is 11.2. The molecule has 2 N–H and O–H groups in total. The van der Waals surface area contributed by atoms with E-state index < -0.39 is 18.1 Å². The van der Waals surface area contributed by atoms with Crippen LogP contribution in [0, 0.1) is 0 Å². The summed E-state index contributed by atoms with van der Waals surface area (Å²) in [4.78, 5) is 24.5. The maximum atomic E-state index is 12.0. The van der Waals surface area contributed by atoms with Gasteiger partial charge in [0.15, 0.2) is 0 Å². The normalized spacial score (nSPS) is 20.4. The van der Waals surface area contributed by atoms with E-state index in [1.165, 1.54) is 0 Å². The number of ether oxygens (including phenoxy) is 1. The second-order valence-electron chi connectivity index (χ2n) is 4.89. The summed E-state index contributed by atoms with van der Waals surface area (Å²) >= 11 is 3.38. The van der Waals surface area contributed by atoms with Gasteiger partial charge in [-0.05, 0) is 24.6 Å². The van der Waals surface area contributed by atoms with Crippen LogP contribution in [0.4, 0.5) is 4.79 Å². The van der Waals surface area contributed by atoms with Crippen LogP contribution < -0.4 is 5.73 Å². The van der Waals surface area contributed by atoms with Gasteiger partial charge in [-0.15, -0.1) is 0 Å². The molecular weight excluding hydrogens is 324 g/mol. The minimum absolute atomic E-state index is 0.0647. The number of carbonyl (C=O) groups excluding carboxylic acids is 2. The van der Waals surface area contributed by atoms with Crippen LogP contribution in [-0.4, -0.2) is 29.5 Å². The van der Waals surface area contributed by atoms with Gasteiger partial charge < -0.3 is 15.4 Å². The monoisotopic (exact) mass is 340 g/mol. The molecule has 108 valence electrons. The van der Waals surface area contributed by atoms with E-state index in [1.807, 2.05) is 31.2 Å². The van der Waals surface area contributed by atoms with Gasteiger partial charge in [-0.3, -0.25) is 4.79 Å². The molecule has 0 aromatic heterocycles. The van der Waals surface area contributed by atoms with Crippen LogP contribution in [0.3, 0.4) is 0 Å². The van der Waals surface area contributed by atoms with Gasteiger partial charge in [0.2, 0.25) is 5.91 Å². The summed E-state index contributed by atoms with van der Waals surface area (Å²) < 4.78 is 6.25. The molecular formula is C14H17BrN2O3. The smallest absolute Gasteiger partial charge is 0.410 e. The van der Waals surface area contributed by atoms with Crippen molar-refractivity contribution in [2.75, 3.05) is 6.54 Å². The lowest BCUT2D eigenvalue weighted by molar-refractivity contribution is -0.120. The molecule has 0 aliphatic carbocycles. The highest BCUT2D eigenvalue weighted by Gasteiger charge is 2.31. The summed E-state index contributed by atoms with van der Waals surface area (Å²) in [6.45, 7) is 2.52. The average Bonchev–Trinajstić information content (AvgIpc) is 2.38. The van der Waals surface area contributed by atoms with Crippen LogP contribution in [0.1, 0.15) is 31.4 Å². The van der Waals surface area contributed by atoms with Crippen molar-refractivity contribution in [1.29, 1.82) is 0 Å². The molecule has 2 unspecified atom stereocenters. The van der Waals surface area contributed by atoms with E-state index in [4.69, 9.17) is 10.5 Å². The summed E-state index contributed by atoms with van der Waals surface area (Å²) in [6, 6.07) is 7.76. The van der Waals surface area contributed by atoms with Crippen LogP contribution in [0.25, 0.3) is 0 Å². The largest absolute Gasteiger partial charge is 0.445 e. The standard InChI is InChI=1S/C14H17BrN2O3/c1-9(10-2-4-11(15)5-3-10)17-7-6-12(8-13(16)18)20-14(17)19/h2-5,9,12H,6-8H2,1H3,(H2,16,18). The molecule has 2 rings (SSSR count). The van der Waals surface area contributed by atoms with Crippen molar-refractivity contribution < 1.29 is 14.3 Å². The minimum atomic E-state index is -0.447. The van der Waals surface area contributed by atoms with E-state index >= 15 is 0 Å². The third kappa shape index (κ3) is 3.50. The number of cyclic esters (lactones) is 1. The molecule has 1 saturated heterocycles. The Labute approximate surface area is 126 Å². The van der Waals surface area contributed by atoms with Crippen molar-refractivity contribution in [3.8, 4) is 0 Å². The Bertz CT molecular complexity index is 504. The van der Waals surface area contributed by atoms with Gasteiger partial charge in [0.1, 0.15) is 6.10 Å². The third-order valence-corrected chi connectivity index (χ3v) is 3.97. The van der Waals surface area contributed by atoms with Crippen LogP contribution in [0.5, 0.6) is 0 Å². The molecule has 0 spiro atoms. The van der Waals surface area contributed by atoms with Gasteiger partial charge in [0.25, 0.3) is 0 Å². The van der Waals surface area contributed by atoms with E-state index in [-0.39, 0.29) is 12.5 Å². The van der Waals surface area contributed by atoms with Crippen LogP contribution in [0.15, 0.2) is 28.7 Å². The highest BCUT2D eigenvalue weighted by molar-refractivity contribution is 9.10. The first-order valence-electron chi connectivity index (χ1n) is 6.48. The Morgan fingerprint density at radius 3 is 2.70 bits per heavy atom. The Hall–Kier alpha value is -1.56. The van der Waals surface area contributed by atoms with Crippen molar-refractivity contribution in [2.45, 2.75) is 31.9 Å². The maximum Gasteiger partial charge on any atom is 0.410 e. The molecule has 2 amide bonds. The van der Waals surface area contributed by atoms with E-state index in [2.05, 4.69) is 15.9 Å². The summed E-state index contributed by atoms with van der Waals surface area (Å²) in [6.07, 6.45) is -0.0757. The third-order valence-electron chi connectivity index (χ3n) is 3.44. The van der Waals surface area contributed by atoms with Crippen molar-refractivity contribution in [3.05, 3.63) is 34.3 Å². The Balaban J connectivity index is 2.01. The lowest BCUT2D eigenvalue weighted by Crippen LogP contribution is -2.44. The highest BCUT2D eigenvalue weighted by Crippen LogP contribution is 2.26. The maximum absolute atomic E-state index is 12.0. The highest BCUT2D eigenvalue weighted by atomic mass is 79.9. The lowest BCUT2D eigenvalue weighted by atomic mass is 10.1. The molecule has 1 aliphatic heterocycles. The van der Waals surface area contributed by atoms with Gasteiger partial charge in [-0.2, -0.15) is 0 Å². The van der Waals surface area contributed by atoms with Gasteiger partial charge >= 0.3 is 6.09 Å². The number of rotatable bonds is 4. The molecule has 1 aromatic carbocycles. The number of amides is 2. The number of benzene rings is 1. The fourth-order valence-corrected chi connectivity index (χ4v) is 2.55. The molecule has 0 saturated carbocycles. The molecule has 1 aromatic rings. The topological polar surface area (TPSA) is 72.6 Å². The summed E-state index contributed by atoms with van der Waals surface area (Å²) in [7, 11) is 0. The molecule has 1 aliphatic rings. The van der Waals surface area contributed by atoms with Crippen LogP contribution >= 0.6 is 15.9 Å². The van der Waals surface area contributed by atoms with E-state index in [1.54, 1.807) is 4.90 Å². The number of nitrogens with zero attached hydrogens (tertiary/aromatic N) is 1. The average molecular weight is 341 g/mol. The number of nitrogens with two attached hydrogens (primary N) is 1. The predicted molar refractivity (Wildman–Crippen MR) is 78.0 cm³/mol. The number of halogens is 1. The molecule has 6 heteroatoms. The zero-order chi connectivity index (χ0) is 14.7. The van der Waals surface area contributed by atoms with Crippen molar-refractivity contribution in [3.63, 3.8) is 0 Å². The SMILES string of the molecule is CC(c1ccc(Br)cc1)N1CCC(CC(N)=O)OC1=O. The second kappa shape index (κ2) is 6.26. The van der Waals surface area contributed by atoms with Gasteiger partial charge in [-0.1, -0.05) is 28.1 Å². The first-order valence-corrected chi connectivity index (χ1v) is 7.27. The number of hydrogen-bond acceptors (Lipinski definition) is 3. The van der Waals surface area contributed by atoms with Crippen LogP contribution in [0.2, 0.25) is 0 Å². The molecule has 20 heavy (non-hydrogen) atoms. The number of hydrogen-bond donors (Lipinski definition) is 1.